The second-order valence-corrected chi connectivity index (χ2v) is 35.8. The Labute approximate surface area is 615 Å². The third kappa shape index (κ3) is 18.3. The van der Waals surface area contributed by atoms with Crippen LogP contribution in [-0.4, -0.2) is 69.8 Å². The van der Waals surface area contributed by atoms with Gasteiger partial charge >= 0.3 is 52.4 Å². The second-order valence-electron chi connectivity index (χ2n) is 26.0. The lowest BCUT2D eigenvalue weighted by atomic mass is 9.81. The van der Waals surface area contributed by atoms with E-state index in [0.717, 1.165) is 0 Å². The molecule has 9 aromatic carbocycles. The summed E-state index contributed by atoms with van der Waals surface area (Å²) in [5.41, 5.74) is 0.842. The van der Waals surface area contributed by atoms with Gasteiger partial charge < -0.3 is 31.9 Å². The molecule has 0 heterocycles. The number of aliphatic carboxylic acids is 1. The highest BCUT2D eigenvalue weighted by Crippen LogP contribution is 2.45. The van der Waals surface area contributed by atoms with Crippen molar-refractivity contribution in [2.75, 3.05) is 7.11 Å². The number of benzene rings is 9. The van der Waals surface area contributed by atoms with Crippen LogP contribution in [0.4, 0.5) is 0 Å². The van der Waals surface area contributed by atoms with Crippen LogP contribution in [0.1, 0.15) is 114 Å². The SMILES string of the molecule is COC(=O)[C@H](Cc1ccccc1)NC(=O)Cc1cc2c(OS(=O)(=O)c3ccc(Br)cc3)c(c1)Cc1cc(C(C)(C)C)cc(c1OS(=O)(=O)c1ccc(Br)cc1)Cc1cc(CC(=O)O)cc(c1OS(=O)(=O)c1ccc(Br)cc1)Cc1cc(C(C)(C)C)cc(c1OS(=O)(=O)c1ccc(Br)cc1)C2. The maximum atomic E-state index is 15.2. The molecule has 1 amide bonds. The molecule has 0 saturated carbocycles. The molecule has 522 valence electrons. The van der Waals surface area contributed by atoms with Crippen LogP contribution < -0.4 is 22.0 Å². The number of fused-ring (bicyclic) bond motifs is 8. The molecule has 0 saturated heterocycles. The third-order valence-corrected chi connectivity index (χ3v) is 23.4. The summed E-state index contributed by atoms with van der Waals surface area (Å²) in [5, 5.41) is 13.4. The van der Waals surface area contributed by atoms with Crippen molar-refractivity contribution in [3.8, 4) is 23.0 Å². The van der Waals surface area contributed by atoms with Gasteiger partial charge in [-0.15, -0.1) is 0 Å². The van der Waals surface area contributed by atoms with Crippen LogP contribution in [0.3, 0.4) is 0 Å². The van der Waals surface area contributed by atoms with Crippen LogP contribution in [-0.2, 0) is 115 Å². The van der Waals surface area contributed by atoms with E-state index in [2.05, 4.69) is 69.0 Å². The first-order valence-electron chi connectivity index (χ1n) is 31.0. The predicted molar refractivity (Wildman–Crippen MR) is 391 cm³/mol. The maximum absolute atomic E-state index is 15.2. The highest BCUT2D eigenvalue weighted by atomic mass is 79.9. The number of methoxy groups -OCH3 is 1. The van der Waals surface area contributed by atoms with E-state index in [4.69, 9.17) is 21.5 Å². The number of esters is 1. The van der Waals surface area contributed by atoms with Gasteiger partial charge in [0.1, 0.15) is 48.6 Å². The molecule has 1 aliphatic rings. The van der Waals surface area contributed by atoms with Crippen molar-refractivity contribution in [1.29, 1.82) is 0 Å². The quantitative estimate of drug-likeness (QED) is 0.0530. The van der Waals surface area contributed by atoms with Gasteiger partial charge in [-0.2, -0.15) is 33.7 Å². The lowest BCUT2D eigenvalue weighted by molar-refractivity contribution is -0.145. The van der Waals surface area contributed by atoms with Crippen LogP contribution in [0, 0.1) is 0 Å². The van der Waals surface area contributed by atoms with Crippen molar-refractivity contribution in [2.45, 2.75) is 123 Å². The van der Waals surface area contributed by atoms with Crippen LogP contribution in [0.15, 0.2) is 213 Å². The number of carboxylic acid groups (broad SMARTS) is 1. The number of carbonyl (C=O) groups is 3. The molecule has 10 rings (SSSR count). The Kier molecular flexibility index (Phi) is 22.6. The van der Waals surface area contributed by atoms with Gasteiger partial charge in [-0.3, -0.25) is 9.59 Å². The minimum Gasteiger partial charge on any atom is -0.481 e. The molecule has 0 aliphatic heterocycles. The summed E-state index contributed by atoms with van der Waals surface area (Å²) in [6.45, 7) is 11.3. The van der Waals surface area contributed by atoms with Gasteiger partial charge in [0.2, 0.25) is 5.91 Å². The molecule has 0 fully saturated rings. The molecule has 1 atom stereocenters. The molecule has 9 aromatic rings. The van der Waals surface area contributed by atoms with Crippen LogP contribution in [0.2, 0.25) is 0 Å². The minimum absolute atomic E-state index is 0.000913. The Morgan fingerprint density at radius 3 is 0.940 bits per heavy atom. The van der Waals surface area contributed by atoms with Gasteiger partial charge in [0.25, 0.3) is 0 Å². The molecule has 26 heteroatoms. The number of rotatable bonds is 20. The zero-order valence-corrected chi connectivity index (χ0v) is 64.5. The minimum atomic E-state index is -4.90. The normalized spacial score (nSPS) is 13.2. The highest BCUT2D eigenvalue weighted by Gasteiger charge is 2.34. The Hall–Kier alpha value is -7.69. The number of carbonyl (C=O) groups excluding carboxylic acids is 2. The van der Waals surface area contributed by atoms with Gasteiger partial charge in [-0.05, 0) is 136 Å². The molecule has 0 unspecified atom stereocenters. The van der Waals surface area contributed by atoms with Crippen molar-refractivity contribution >= 4 is 122 Å². The van der Waals surface area contributed by atoms with E-state index in [9.17, 15) is 19.5 Å². The summed E-state index contributed by atoms with van der Waals surface area (Å²) in [6.07, 6.45) is -3.00. The summed E-state index contributed by atoms with van der Waals surface area (Å²) in [7, 11) is -18.3. The Morgan fingerprint density at radius 1 is 0.410 bits per heavy atom. The lowest BCUT2D eigenvalue weighted by Gasteiger charge is -2.27. The number of amides is 1. The Morgan fingerprint density at radius 2 is 0.680 bits per heavy atom. The average molecular weight is 1690 g/mol. The predicted octanol–water partition coefficient (Wildman–Crippen LogP) is 15.1. The molecule has 8 bridgehead atoms. The van der Waals surface area contributed by atoms with Crippen molar-refractivity contribution < 1.29 is 74.6 Å². The van der Waals surface area contributed by atoms with Gasteiger partial charge in [-0.1, -0.05) is 184 Å². The number of carboxylic acids is 1. The number of ether oxygens (including phenoxy) is 1. The Bertz CT molecular complexity index is 4930. The fourth-order valence-electron chi connectivity index (χ4n) is 11.4. The maximum Gasteiger partial charge on any atom is 0.339 e. The lowest BCUT2D eigenvalue weighted by Crippen LogP contribution is -2.43. The molecule has 2 N–H and O–H groups in total. The molecular formula is C74H67Br4NO17S4. The molecular weight excluding hydrogens is 1620 g/mol. The summed E-state index contributed by atoms with van der Waals surface area (Å²) < 4.78 is 154. The first-order chi connectivity index (χ1) is 46.9. The van der Waals surface area contributed by atoms with Crippen molar-refractivity contribution in [3.63, 3.8) is 0 Å². The van der Waals surface area contributed by atoms with E-state index in [-0.39, 0.29) is 105 Å². The zero-order chi connectivity index (χ0) is 72.4. The zero-order valence-electron chi connectivity index (χ0n) is 54.9. The van der Waals surface area contributed by atoms with Gasteiger partial charge in [0, 0.05) is 94.5 Å². The molecule has 100 heavy (non-hydrogen) atoms. The van der Waals surface area contributed by atoms with Crippen molar-refractivity contribution in [1.82, 2.24) is 5.32 Å². The molecule has 0 aromatic heterocycles. The molecule has 0 radical (unpaired) electrons. The molecule has 18 nitrogen and oxygen atoms in total. The highest BCUT2D eigenvalue weighted by molar-refractivity contribution is 9.11. The summed E-state index contributed by atoms with van der Waals surface area (Å²) >= 11 is 13.5. The van der Waals surface area contributed by atoms with Crippen LogP contribution in [0.5, 0.6) is 23.0 Å². The smallest absolute Gasteiger partial charge is 0.339 e. The number of hydrogen-bond acceptors (Lipinski definition) is 16. The fourth-order valence-corrected chi connectivity index (χ4v) is 16.4. The first-order valence-corrected chi connectivity index (χ1v) is 39.8. The molecule has 0 spiro atoms. The standard InChI is InChI=1S/C74H67Br4NO17S4/c1-73(2,3)55-40-51-36-47-29-45(34-66(80)79-65(72(83)92-7)33-44-11-9-8-10-12-44)30-48(68(47)93-97(84,85)61-21-13-57(75)14-22-61)37-52-41-56(74(4,5)6)43-54(71(52)96-100(90,91)64-27-19-60(78)20-28-64)39-50-32-46(35-67(81)82)31-49(69(50)94-98(86,87)62-23-15-58(76)16-24-62)38-53(42-55)70(51)95-99(88,89)63-25-17-59(77)18-26-63/h8-32,40-43,65H,33-39H2,1-7H3,(H,79,80)(H,81,82)/t65-/m0/s1. The van der Waals surface area contributed by atoms with E-state index < -0.39 is 114 Å². The van der Waals surface area contributed by atoms with E-state index >= 15 is 33.7 Å². The number of nitrogens with one attached hydrogen (secondary N) is 1. The third-order valence-electron chi connectivity index (χ3n) is 16.4. The van der Waals surface area contributed by atoms with E-state index in [1.807, 2.05) is 41.5 Å². The van der Waals surface area contributed by atoms with Crippen molar-refractivity contribution in [2.24, 2.45) is 0 Å². The average Bonchev–Trinajstić information content (AvgIpc) is 0.757. The summed E-state index contributed by atoms with van der Waals surface area (Å²) in [6, 6.07) is 42.8. The monoisotopic (exact) mass is 1690 g/mol. The largest absolute Gasteiger partial charge is 0.481 e. The summed E-state index contributed by atoms with van der Waals surface area (Å²) in [4.78, 5) is 40.2. The Balaban J connectivity index is 1.35. The van der Waals surface area contributed by atoms with Crippen LogP contribution >= 0.6 is 63.7 Å². The molecule has 1 aliphatic carbocycles. The van der Waals surface area contributed by atoms with Crippen LogP contribution in [0.25, 0.3) is 0 Å². The topological polar surface area (TPSA) is 266 Å². The van der Waals surface area contributed by atoms with E-state index in [1.165, 1.54) is 128 Å². The van der Waals surface area contributed by atoms with Gasteiger partial charge in [0.05, 0.1) is 20.0 Å². The number of hydrogen-bond donors (Lipinski definition) is 2. The van der Waals surface area contributed by atoms with Gasteiger partial charge in [-0.25, -0.2) is 4.79 Å². The number of halogens is 4. The van der Waals surface area contributed by atoms with E-state index in [1.54, 1.807) is 54.6 Å². The second kappa shape index (κ2) is 30.1. The summed E-state index contributed by atoms with van der Waals surface area (Å²) in [5.74, 6) is -4.03. The van der Waals surface area contributed by atoms with Crippen molar-refractivity contribution in [3.05, 3.63) is 266 Å². The fraction of sp³-hybridized carbons (Fsp3) is 0.230. The van der Waals surface area contributed by atoms with Gasteiger partial charge in [0.15, 0.2) is 0 Å². The van der Waals surface area contributed by atoms with E-state index in [0.29, 0.717) is 34.6 Å². The first kappa shape index (κ1) is 75.0.